The molecule has 96 valence electrons. The topological polar surface area (TPSA) is 76.3 Å². The van der Waals surface area contributed by atoms with Gasteiger partial charge in [0.1, 0.15) is 18.3 Å². The van der Waals surface area contributed by atoms with E-state index in [1.165, 1.54) is 6.20 Å². The standard InChI is InChI=1S/C12H15N3O3/c1-9-6-12(13-7-11(9)15(17)18)14-4-2-10(8-16)3-5-14/h6-8,10H,2-5H2,1H3. The quantitative estimate of drug-likeness (QED) is 0.463. The number of nitro groups is 1. The number of hydrogen-bond donors (Lipinski definition) is 0. The number of rotatable bonds is 3. The van der Waals surface area contributed by atoms with Crippen molar-refractivity contribution < 1.29 is 9.72 Å². The molecule has 0 saturated carbocycles. The summed E-state index contributed by atoms with van der Waals surface area (Å²) in [5.74, 6) is 0.892. The Balaban J connectivity index is 2.13. The van der Waals surface area contributed by atoms with Crippen LogP contribution in [0.2, 0.25) is 0 Å². The molecular formula is C12H15N3O3. The molecule has 1 aliphatic heterocycles. The number of hydrogen-bond acceptors (Lipinski definition) is 5. The van der Waals surface area contributed by atoms with E-state index < -0.39 is 4.92 Å². The number of aldehydes is 1. The first-order valence-corrected chi connectivity index (χ1v) is 5.93. The molecule has 1 aliphatic rings. The first-order chi connectivity index (χ1) is 8.61. The van der Waals surface area contributed by atoms with E-state index in [1.807, 2.05) is 0 Å². The van der Waals surface area contributed by atoms with Crippen molar-refractivity contribution in [2.75, 3.05) is 18.0 Å². The van der Waals surface area contributed by atoms with Gasteiger partial charge in [0.2, 0.25) is 0 Å². The second-order valence-corrected chi connectivity index (χ2v) is 4.55. The van der Waals surface area contributed by atoms with E-state index in [2.05, 4.69) is 9.88 Å². The summed E-state index contributed by atoms with van der Waals surface area (Å²) in [6.45, 7) is 3.25. The first-order valence-electron chi connectivity index (χ1n) is 5.93. The average molecular weight is 249 g/mol. The number of pyridine rings is 1. The maximum absolute atomic E-state index is 10.7. The molecular weight excluding hydrogens is 234 g/mol. The van der Waals surface area contributed by atoms with E-state index in [-0.39, 0.29) is 11.6 Å². The van der Waals surface area contributed by atoms with E-state index in [0.717, 1.165) is 38.0 Å². The number of carbonyl (C=O) groups is 1. The van der Waals surface area contributed by atoms with Crippen molar-refractivity contribution in [2.24, 2.45) is 5.92 Å². The minimum absolute atomic E-state index is 0.0431. The maximum atomic E-state index is 10.7. The summed E-state index contributed by atoms with van der Waals surface area (Å²) >= 11 is 0. The molecule has 1 fully saturated rings. The summed E-state index contributed by atoms with van der Waals surface area (Å²) in [4.78, 5) is 27.1. The highest BCUT2D eigenvalue weighted by Crippen LogP contribution is 2.24. The summed E-state index contributed by atoms with van der Waals surface area (Å²) < 4.78 is 0. The summed E-state index contributed by atoms with van der Waals surface area (Å²) in [5.41, 5.74) is 0.657. The third-order valence-corrected chi connectivity index (χ3v) is 3.32. The Bertz CT molecular complexity index is 468. The Hall–Kier alpha value is -1.98. The van der Waals surface area contributed by atoms with Crippen LogP contribution in [0.5, 0.6) is 0 Å². The summed E-state index contributed by atoms with van der Waals surface area (Å²) in [5, 5.41) is 10.7. The highest BCUT2D eigenvalue weighted by molar-refractivity contribution is 5.55. The minimum atomic E-state index is -0.426. The summed E-state index contributed by atoms with van der Waals surface area (Å²) in [7, 11) is 0. The zero-order valence-electron chi connectivity index (χ0n) is 10.2. The number of carbonyl (C=O) groups excluding carboxylic acids is 1. The molecule has 0 spiro atoms. The van der Waals surface area contributed by atoms with Crippen molar-refractivity contribution in [3.05, 3.63) is 27.9 Å². The number of nitrogens with zero attached hydrogens (tertiary/aromatic N) is 3. The van der Waals surface area contributed by atoms with Gasteiger partial charge in [0, 0.05) is 24.6 Å². The van der Waals surface area contributed by atoms with Gasteiger partial charge in [0.15, 0.2) is 0 Å². The van der Waals surface area contributed by atoms with Gasteiger partial charge in [-0.15, -0.1) is 0 Å². The van der Waals surface area contributed by atoms with E-state index in [9.17, 15) is 14.9 Å². The Labute approximate surface area is 105 Å². The van der Waals surface area contributed by atoms with E-state index >= 15 is 0 Å². The predicted octanol–water partition coefficient (Wildman–Crippen LogP) is 1.71. The molecule has 0 radical (unpaired) electrons. The van der Waals surface area contributed by atoms with Crippen molar-refractivity contribution in [1.29, 1.82) is 0 Å². The van der Waals surface area contributed by atoms with E-state index in [1.54, 1.807) is 13.0 Å². The third-order valence-electron chi connectivity index (χ3n) is 3.32. The van der Waals surface area contributed by atoms with Gasteiger partial charge in [0.05, 0.1) is 4.92 Å². The third kappa shape index (κ3) is 2.47. The number of aryl methyl sites for hydroxylation is 1. The molecule has 0 atom stereocenters. The Morgan fingerprint density at radius 2 is 2.17 bits per heavy atom. The molecule has 0 amide bonds. The van der Waals surface area contributed by atoms with Crippen molar-refractivity contribution in [3.8, 4) is 0 Å². The van der Waals surface area contributed by atoms with Gasteiger partial charge in [-0.05, 0) is 25.8 Å². The monoisotopic (exact) mass is 249 g/mol. The average Bonchev–Trinajstić information content (AvgIpc) is 2.38. The van der Waals surface area contributed by atoms with Gasteiger partial charge in [-0.3, -0.25) is 10.1 Å². The smallest absolute Gasteiger partial charge is 0.290 e. The number of aromatic nitrogens is 1. The highest BCUT2D eigenvalue weighted by atomic mass is 16.6. The Kier molecular flexibility index (Phi) is 3.55. The second kappa shape index (κ2) is 5.12. The lowest BCUT2D eigenvalue weighted by atomic mass is 9.98. The van der Waals surface area contributed by atoms with E-state index in [4.69, 9.17) is 0 Å². The zero-order chi connectivity index (χ0) is 13.1. The van der Waals surface area contributed by atoms with Crippen LogP contribution >= 0.6 is 0 Å². The Morgan fingerprint density at radius 3 is 2.67 bits per heavy atom. The van der Waals surface area contributed by atoms with Gasteiger partial charge in [-0.25, -0.2) is 4.98 Å². The fourth-order valence-electron chi connectivity index (χ4n) is 2.16. The summed E-state index contributed by atoms with van der Waals surface area (Å²) in [6.07, 6.45) is 3.95. The number of piperidine rings is 1. The second-order valence-electron chi connectivity index (χ2n) is 4.55. The molecule has 0 bridgehead atoms. The highest BCUT2D eigenvalue weighted by Gasteiger charge is 2.21. The molecule has 18 heavy (non-hydrogen) atoms. The van der Waals surface area contributed by atoms with Gasteiger partial charge < -0.3 is 9.69 Å². The molecule has 1 aromatic rings. The SMILES string of the molecule is Cc1cc(N2CCC(C=O)CC2)ncc1[N+](=O)[O-]. The van der Waals surface area contributed by atoms with Gasteiger partial charge in [-0.1, -0.05) is 0 Å². The minimum Gasteiger partial charge on any atom is -0.357 e. The lowest BCUT2D eigenvalue weighted by Gasteiger charge is -2.30. The van der Waals surface area contributed by atoms with Crippen molar-refractivity contribution in [2.45, 2.75) is 19.8 Å². The molecule has 2 heterocycles. The molecule has 1 aromatic heterocycles. The molecule has 0 N–H and O–H groups in total. The predicted molar refractivity (Wildman–Crippen MR) is 66.6 cm³/mol. The van der Waals surface area contributed by atoms with Crippen molar-refractivity contribution in [1.82, 2.24) is 4.98 Å². The normalized spacial score (nSPS) is 16.6. The van der Waals surface area contributed by atoms with Crippen LogP contribution in [0.15, 0.2) is 12.3 Å². The van der Waals surface area contributed by atoms with Crippen LogP contribution in [0.1, 0.15) is 18.4 Å². The fraction of sp³-hybridized carbons (Fsp3) is 0.500. The van der Waals surface area contributed by atoms with Crippen LogP contribution in [-0.2, 0) is 4.79 Å². The summed E-state index contributed by atoms with van der Waals surface area (Å²) in [6, 6.07) is 1.74. The van der Waals surface area contributed by atoms with Crippen molar-refractivity contribution >= 4 is 17.8 Å². The van der Waals surface area contributed by atoms with Crippen molar-refractivity contribution in [3.63, 3.8) is 0 Å². The fourth-order valence-corrected chi connectivity index (χ4v) is 2.16. The van der Waals surface area contributed by atoms with Crippen LogP contribution in [0.3, 0.4) is 0 Å². The van der Waals surface area contributed by atoms with Crippen LogP contribution in [-0.4, -0.2) is 29.3 Å². The molecule has 6 nitrogen and oxygen atoms in total. The molecule has 0 aliphatic carbocycles. The molecule has 1 saturated heterocycles. The largest absolute Gasteiger partial charge is 0.357 e. The van der Waals surface area contributed by atoms with E-state index in [0.29, 0.717) is 5.56 Å². The van der Waals surface area contributed by atoms with Gasteiger partial charge >= 0.3 is 0 Å². The van der Waals surface area contributed by atoms with Gasteiger partial charge in [-0.2, -0.15) is 0 Å². The molecule has 6 heteroatoms. The molecule has 2 rings (SSSR count). The van der Waals surface area contributed by atoms with Crippen LogP contribution in [0, 0.1) is 23.0 Å². The van der Waals surface area contributed by atoms with Crippen LogP contribution in [0.25, 0.3) is 0 Å². The lowest BCUT2D eigenvalue weighted by Crippen LogP contribution is -2.34. The van der Waals surface area contributed by atoms with Gasteiger partial charge in [0.25, 0.3) is 5.69 Å². The van der Waals surface area contributed by atoms with Crippen LogP contribution in [0.4, 0.5) is 11.5 Å². The number of anilines is 1. The zero-order valence-corrected chi connectivity index (χ0v) is 10.2. The van der Waals surface area contributed by atoms with Crippen LogP contribution < -0.4 is 4.90 Å². The first kappa shape index (κ1) is 12.5. The maximum Gasteiger partial charge on any atom is 0.290 e. The molecule has 0 unspecified atom stereocenters. The lowest BCUT2D eigenvalue weighted by molar-refractivity contribution is -0.385. The Morgan fingerprint density at radius 1 is 1.50 bits per heavy atom. The molecule has 0 aromatic carbocycles.